The Labute approximate surface area is 224 Å². The van der Waals surface area contributed by atoms with Gasteiger partial charge in [0.15, 0.2) is 11.5 Å². The molecule has 0 spiro atoms. The molecule has 0 N–H and O–H groups in total. The number of benzene rings is 3. The number of ether oxygens (including phenoxy) is 3. The molecule has 1 atom stereocenters. The molecule has 8 nitrogen and oxygen atoms in total. The van der Waals surface area contributed by atoms with Crippen LogP contribution in [-0.2, 0) is 10.1 Å². The van der Waals surface area contributed by atoms with Crippen molar-refractivity contribution in [1.29, 1.82) is 0 Å². The van der Waals surface area contributed by atoms with Crippen LogP contribution in [0.15, 0.2) is 71.6 Å². The van der Waals surface area contributed by atoms with E-state index in [0.29, 0.717) is 30.7 Å². The highest BCUT2D eigenvalue weighted by Crippen LogP contribution is 2.41. The Morgan fingerprint density at radius 2 is 1.76 bits per heavy atom. The molecule has 2 heterocycles. The lowest BCUT2D eigenvalue weighted by molar-refractivity contribution is 0.0492. The van der Waals surface area contributed by atoms with Gasteiger partial charge in [-0.2, -0.15) is 8.42 Å². The minimum atomic E-state index is -4.01. The zero-order valence-electron chi connectivity index (χ0n) is 22.0. The summed E-state index contributed by atoms with van der Waals surface area (Å²) in [5, 5.41) is 0. The summed E-state index contributed by atoms with van der Waals surface area (Å²) in [6.45, 7) is 4.86. The molecule has 38 heavy (non-hydrogen) atoms. The highest BCUT2D eigenvalue weighted by Gasteiger charge is 2.30. The molecule has 9 heteroatoms. The number of anilines is 1. The Kier molecular flexibility index (Phi) is 7.67. The van der Waals surface area contributed by atoms with Crippen LogP contribution in [0.4, 0.5) is 5.69 Å². The Bertz CT molecular complexity index is 1350. The molecule has 3 aromatic carbocycles. The van der Waals surface area contributed by atoms with Gasteiger partial charge in [0.2, 0.25) is 5.75 Å². The van der Waals surface area contributed by atoms with Crippen molar-refractivity contribution in [3.63, 3.8) is 0 Å². The maximum Gasteiger partial charge on any atom is 0.339 e. The van der Waals surface area contributed by atoms with Crippen LogP contribution in [0.2, 0.25) is 0 Å². The van der Waals surface area contributed by atoms with Gasteiger partial charge in [0.05, 0.1) is 7.11 Å². The van der Waals surface area contributed by atoms with Crippen molar-refractivity contribution in [2.24, 2.45) is 0 Å². The number of aryl methyl sites for hydroxylation is 1. The van der Waals surface area contributed by atoms with Crippen molar-refractivity contribution in [3.8, 4) is 23.0 Å². The van der Waals surface area contributed by atoms with Gasteiger partial charge in [0, 0.05) is 37.4 Å². The summed E-state index contributed by atoms with van der Waals surface area (Å²) in [5.74, 6) is 1.79. The number of nitrogens with zero attached hydrogens (tertiary/aromatic N) is 2. The fraction of sp³-hybridized carbons (Fsp3) is 0.379. The summed E-state index contributed by atoms with van der Waals surface area (Å²) < 4.78 is 48.9. The quantitative estimate of drug-likeness (QED) is 0.388. The summed E-state index contributed by atoms with van der Waals surface area (Å²) in [6, 6.07) is 20.2. The van der Waals surface area contributed by atoms with Crippen LogP contribution in [0, 0.1) is 6.92 Å². The summed E-state index contributed by atoms with van der Waals surface area (Å²) in [6.07, 6.45) is 1.80. The number of hydrogen-bond donors (Lipinski definition) is 0. The van der Waals surface area contributed by atoms with Crippen LogP contribution in [0.3, 0.4) is 0 Å². The van der Waals surface area contributed by atoms with Crippen LogP contribution < -0.4 is 23.3 Å². The van der Waals surface area contributed by atoms with Crippen LogP contribution in [0.1, 0.15) is 18.4 Å². The van der Waals surface area contributed by atoms with Crippen LogP contribution in [0.5, 0.6) is 23.0 Å². The number of piperidine rings is 1. The second-order valence-corrected chi connectivity index (χ2v) is 11.4. The van der Waals surface area contributed by atoms with E-state index in [0.717, 1.165) is 37.2 Å². The summed E-state index contributed by atoms with van der Waals surface area (Å²) in [5.41, 5.74) is 2.15. The monoisotopic (exact) mass is 538 g/mol. The lowest BCUT2D eigenvalue weighted by Gasteiger charge is -2.39. The van der Waals surface area contributed by atoms with Crippen LogP contribution in [-0.4, -0.2) is 65.9 Å². The Balaban J connectivity index is 1.21. The first-order chi connectivity index (χ1) is 18.3. The smallest absolute Gasteiger partial charge is 0.339 e. The van der Waals surface area contributed by atoms with Crippen molar-refractivity contribution < 1.29 is 26.8 Å². The molecule has 202 valence electrons. The lowest BCUT2D eigenvalue weighted by Crippen LogP contribution is -2.48. The van der Waals surface area contributed by atoms with Crippen molar-refractivity contribution in [1.82, 2.24) is 4.90 Å². The number of methoxy groups -OCH3 is 1. The van der Waals surface area contributed by atoms with E-state index < -0.39 is 10.1 Å². The zero-order valence-corrected chi connectivity index (χ0v) is 22.8. The van der Waals surface area contributed by atoms with E-state index in [9.17, 15) is 8.42 Å². The van der Waals surface area contributed by atoms with E-state index in [2.05, 4.69) is 29.0 Å². The lowest BCUT2D eigenvalue weighted by atomic mass is 10.0. The van der Waals surface area contributed by atoms with E-state index in [1.54, 1.807) is 37.4 Å². The fourth-order valence-corrected chi connectivity index (χ4v) is 5.91. The molecule has 0 aromatic heterocycles. The minimum absolute atomic E-state index is 0.0917. The van der Waals surface area contributed by atoms with Gasteiger partial charge in [-0.25, -0.2) is 0 Å². The molecule has 2 aliphatic heterocycles. The SMILES string of the molecule is COc1cccc(N2CCC(N(C)CC3COc4cccc(OS(=O)(=O)c5ccc(C)cc5)c4O3)CC2)c1. The zero-order chi connectivity index (χ0) is 26.7. The average molecular weight is 539 g/mol. The van der Waals surface area contributed by atoms with Gasteiger partial charge in [-0.1, -0.05) is 29.8 Å². The van der Waals surface area contributed by atoms with E-state index in [4.69, 9.17) is 18.4 Å². The topological polar surface area (TPSA) is 77.5 Å². The van der Waals surface area contributed by atoms with Crippen molar-refractivity contribution in [3.05, 3.63) is 72.3 Å². The molecule has 5 rings (SSSR count). The van der Waals surface area contributed by atoms with Gasteiger partial charge in [-0.15, -0.1) is 0 Å². The highest BCUT2D eigenvalue weighted by atomic mass is 32.2. The average Bonchev–Trinajstić information content (AvgIpc) is 2.93. The van der Waals surface area contributed by atoms with Crippen LogP contribution in [0.25, 0.3) is 0 Å². The van der Waals surface area contributed by atoms with Gasteiger partial charge >= 0.3 is 10.1 Å². The molecule has 0 radical (unpaired) electrons. The van der Waals surface area contributed by atoms with Crippen LogP contribution >= 0.6 is 0 Å². The fourth-order valence-electron chi connectivity index (χ4n) is 4.98. The normalized spacial score (nSPS) is 17.9. The molecule has 1 fully saturated rings. The molecule has 0 aliphatic carbocycles. The minimum Gasteiger partial charge on any atom is -0.497 e. The molecule has 3 aromatic rings. The van der Waals surface area contributed by atoms with Gasteiger partial charge < -0.3 is 23.3 Å². The van der Waals surface area contributed by atoms with Gasteiger partial charge in [0.25, 0.3) is 0 Å². The predicted molar refractivity (Wildman–Crippen MR) is 146 cm³/mol. The third kappa shape index (κ3) is 5.84. The molecule has 0 bridgehead atoms. The molecular weight excluding hydrogens is 504 g/mol. The highest BCUT2D eigenvalue weighted by molar-refractivity contribution is 7.87. The number of fused-ring (bicyclic) bond motifs is 1. The predicted octanol–water partition coefficient (Wildman–Crippen LogP) is 4.51. The van der Waals surface area contributed by atoms with Gasteiger partial charge in [0.1, 0.15) is 23.4 Å². The Morgan fingerprint density at radius 3 is 2.50 bits per heavy atom. The molecule has 0 saturated carbocycles. The molecule has 0 amide bonds. The molecule has 1 saturated heterocycles. The number of likely N-dealkylation sites (N-methyl/N-ethyl adjacent to an activating group) is 1. The Morgan fingerprint density at radius 1 is 1.03 bits per heavy atom. The van der Waals surface area contributed by atoms with E-state index >= 15 is 0 Å². The Hall–Kier alpha value is -3.43. The van der Waals surface area contributed by atoms with Gasteiger partial charge in [-0.05, 0) is 63.2 Å². The summed E-state index contributed by atoms with van der Waals surface area (Å²) in [7, 11) is -0.218. The first-order valence-corrected chi connectivity index (χ1v) is 14.3. The second-order valence-electron chi connectivity index (χ2n) is 9.84. The number of hydrogen-bond acceptors (Lipinski definition) is 8. The van der Waals surface area contributed by atoms with Crippen molar-refractivity contribution >= 4 is 15.8 Å². The van der Waals surface area contributed by atoms with E-state index in [1.165, 1.54) is 17.8 Å². The van der Waals surface area contributed by atoms with Gasteiger partial charge in [-0.3, -0.25) is 4.90 Å². The summed E-state index contributed by atoms with van der Waals surface area (Å²) >= 11 is 0. The first kappa shape index (κ1) is 26.2. The second kappa shape index (κ2) is 11.1. The maximum absolute atomic E-state index is 12.9. The van der Waals surface area contributed by atoms with E-state index in [1.807, 2.05) is 19.1 Å². The van der Waals surface area contributed by atoms with Crippen molar-refractivity contribution in [2.45, 2.75) is 36.8 Å². The van der Waals surface area contributed by atoms with Crippen molar-refractivity contribution in [2.75, 3.05) is 45.3 Å². The third-order valence-corrected chi connectivity index (χ3v) is 8.41. The summed E-state index contributed by atoms with van der Waals surface area (Å²) in [4.78, 5) is 4.80. The van der Waals surface area contributed by atoms with E-state index in [-0.39, 0.29) is 16.7 Å². The largest absolute Gasteiger partial charge is 0.497 e. The molecule has 1 unspecified atom stereocenters. The molecule has 2 aliphatic rings. The third-order valence-electron chi connectivity index (χ3n) is 7.16. The standard InChI is InChI=1S/C29H34N2O6S/c1-21-10-12-26(13-11-21)38(32,33)37-28-9-5-8-27-29(28)36-25(20-35-27)19-30(2)22-14-16-31(17-15-22)23-6-4-7-24(18-23)34-3/h4-13,18,22,25H,14-17,19-20H2,1-3H3. The number of para-hydroxylation sites is 1. The maximum atomic E-state index is 12.9. The number of rotatable bonds is 8. The molecular formula is C29H34N2O6S. The first-order valence-electron chi connectivity index (χ1n) is 12.9.